The van der Waals surface area contributed by atoms with E-state index in [4.69, 9.17) is 5.84 Å². The maximum Gasteiger partial charge on any atom is 0.262 e. The predicted molar refractivity (Wildman–Crippen MR) is 77.5 cm³/mol. The summed E-state index contributed by atoms with van der Waals surface area (Å²) < 4.78 is 26.7. The summed E-state index contributed by atoms with van der Waals surface area (Å²) in [7, 11) is 0.0154. The summed E-state index contributed by atoms with van der Waals surface area (Å²) in [6.45, 7) is 1.80. The van der Waals surface area contributed by atoms with E-state index >= 15 is 0 Å². The second-order valence-corrected chi connectivity index (χ2v) is 6.97. The van der Waals surface area contributed by atoms with Gasteiger partial charge >= 0.3 is 0 Å². The smallest absolute Gasteiger partial charge is 0.262 e. The van der Waals surface area contributed by atoms with E-state index in [1.165, 1.54) is 10.5 Å². The first-order chi connectivity index (χ1) is 9.46. The molecule has 0 aromatic carbocycles. The van der Waals surface area contributed by atoms with E-state index in [1.807, 2.05) is 7.05 Å². The van der Waals surface area contributed by atoms with E-state index in [1.54, 1.807) is 19.2 Å². The highest BCUT2D eigenvalue weighted by atomic mass is 32.2. The van der Waals surface area contributed by atoms with Gasteiger partial charge in [-0.2, -0.15) is 4.31 Å². The Morgan fingerprint density at radius 2 is 2.10 bits per heavy atom. The van der Waals surface area contributed by atoms with Gasteiger partial charge in [0.05, 0.1) is 5.69 Å². The molecule has 1 aliphatic rings. The molecular weight excluding hydrogens is 278 g/mol. The van der Waals surface area contributed by atoms with E-state index in [-0.39, 0.29) is 11.1 Å². The molecule has 0 aliphatic carbocycles. The number of hydrogen-bond acceptors (Lipinski definition) is 6. The van der Waals surface area contributed by atoms with Gasteiger partial charge in [-0.25, -0.2) is 13.4 Å². The van der Waals surface area contributed by atoms with Gasteiger partial charge in [-0.15, -0.1) is 0 Å². The molecule has 0 bridgehead atoms. The Kier molecular flexibility index (Phi) is 4.59. The van der Waals surface area contributed by atoms with Crippen molar-refractivity contribution in [3.05, 3.63) is 18.3 Å². The maximum absolute atomic E-state index is 12.6. The monoisotopic (exact) mass is 299 g/mol. The van der Waals surface area contributed by atoms with Crippen LogP contribution < -0.4 is 11.3 Å². The summed E-state index contributed by atoms with van der Waals surface area (Å²) >= 11 is 0. The molecule has 0 unspecified atom stereocenters. The van der Waals surface area contributed by atoms with Crippen molar-refractivity contribution in [1.29, 1.82) is 0 Å². The van der Waals surface area contributed by atoms with Crippen LogP contribution in [-0.2, 0) is 10.0 Å². The molecule has 7 nitrogen and oxygen atoms in total. The average molecular weight is 299 g/mol. The Morgan fingerprint density at radius 1 is 1.45 bits per heavy atom. The molecule has 0 atom stereocenters. The van der Waals surface area contributed by atoms with Gasteiger partial charge in [0.15, 0.2) is 5.03 Å². The summed E-state index contributed by atoms with van der Waals surface area (Å²) in [6, 6.07) is 3.25. The number of nitrogens with two attached hydrogens (primary N) is 1. The van der Waals surface area contributed by atoms with Gasteiger partial charge in [0.1, 0.15) is 0 Å². The lowest BCUT2D eigenvalue weighted by Crippen LogP contribution is -2.44. The topological polar surface area (TPSA) is 91.6 Å². The van der Waals surface area contributed by atoms with E-state index in [0.717, 1.165) is 25.9 Å². The van der Waals surface area contributed by atoms with Crippen molar-refractivity contribution in [2.45, 2.75) is 23.9 Å². The first-order valence-electron chi connectivity index (χ1n) is 6.55. The van der Waals surface area contributed by atoms with Crippen molar-refractivity contribution in [3.8, 4) is 0 Å². The highest BCUT2D eigenvalue weighted by Gasteiger charge is 2.32. The molecule has 0 radical (unpaired) electrons. The number of rotatable bonds is 4. The number of likely N-dealkylation sites (tertiary alicyclic amines) is 1. The van der Waals surface area contributed by atoms with Gasteiger partial charge in [-0.05, 0) is 45.1 Å². The lowest BCUT2D eigenvalue weighted by atomic mass is 10.1. The van der Waals surface area contributed by atoms with Gasteiger partial charge in [0.25, 0.3) is 10.0 Å². The molecule has 2 heterocycles. The lowest BCUT2D eigenvalue weighted by molar-refractivity contribution is 0.197. The highest BCUT2D eigenvalue weighted by Crippen LogP contribution is 2.25. The molecule has 3 N–H and O–H groups in total. The van der Waals surface area contributed by atoms with Gasteiger partial charge in [0, 0.05) is 19.3 Å². The quantitative estimate of drug-likeness (QED) is 0.604. The molecule has 0 saturated carbocycles. The van der Waals surface area contributed by atoms with Crippen LogP contribution in [0.4, 0.5) is 5.69 Å². The molecule has 1 aromatic heterocycles. The molecule has 8 heteroatoms. The van der Waals surface area contributed by atoms with Crippen LogP contribution in [-0.4, -0.2) is 55.8 Å². The standard InChI is InChI=1S/C12H21N5O2S/c1-16-8-5-10(6-9-16)17(2)20(18,19)12-11(15-13)4-3-7-14-12/h3-4,7,10,15H,5-6,8-9,13H2,1-2H3. The van der Waals surface area contributed by atoms with Crippen LogP contribution in [0.15, 0.2) is 23.4 Å². The zero-order valence-electron chi connectivity index (χ0n) is 11.8. The molecule has 1 fully saturated rings. The van der Waals surface area contributed by atoms with Gasteiger partial charge < -0.3 is 10.3 Å². The number of pyridine rings is 1. The number of anilines is 1. The highest BCUT2D eigenvalue weighted by molar-refractivity contribution is 7.89. The van der Waals surface area contributed by atoms with Crippen LogP contribution in [0.2, 0.25) is 0 Å². The first kappa shape index (κ1) is 15.2. The molecule has 1 saturated heterocycles. The number of nitrogen functional groups attached to an aromatic ring is 1. The number of aromatic nitrogens is 1. The number of nitrogens with zero attached hydrogens (tertiary/aromatic N) is 3. The van der Waals surface area contributed by atoms with E-state index in [2.05, 4.69) is 15.3 Å². The predicted octanol–water partition coefficient (Wildman–Crippen LogP) is 0.0819. The van der Waals surface area contributed by atoms with Gasteiger partial charge in [-0.1, -0.05) is 0 Å². The minimum absolute atomic E-state index is 0.00355. The molecular formula is C12H21N5O2S. The van der Waals surface area contributed by atoms with Crippen molar-refractivity contribution in [1.82, 2.24) is 14.2 Å². The fourth-order valence-electron chi connectivity index (χ4n) is 2.40. The Morgan fingerprint density at radius 3 is 2.70 bits per heavy atom. The van der Waals surface area contributed by atoms with E-state index in [9.17, 15) is 8.42 Å². The van der Waals surface area contributed by atoms with Crippen molar-refractivity contribution in [3.63, 3.8) is 0 Å². The zero-order valence-corrected chi connectivity index (χ0v) is 12.6. The van der Waals surface area contributed by atoms with Crippen molar-refractivity contribution in [2.24, 2.45) is 5.84 Å². The molecule has 0 spiro atoms. The molecule has 112 valence electrons. The second-order valence-electron chi connectivity index (χ2n) is 5.06. The maximum atomic E-state index is 12.6. The average Bonchev–Trinajstić information content (AvgIpc) is 2.47. The normalized spacial score (nSPS) is 18.4. The van der Waals surface area contributed by atoms with Crippen LogP contribution in [0, 0.1) is 0 Å². The number of hydrogen-bond donors (Lipinski definition) is 2. The van der Waals surface area contributed by atoms with E-state index < -0.39 is 10.0 Å². The number of hydrazine groups is 1. The van der Waals surface area contributed by atoms with Gasteiger partial charge in [-0.3, -0.25) is 5.84 Å². The Bertz CT molecular complexity index is 555. The number of piperidine rings is 1. The van der Waals surface area contributed by atoms with Gasteiger partial charge in [0.2, 0.25) is 0 Å². The molecule has 1 aliphatic heterocycles. The largest absolute Gasteiger partial charge is 0.321 e. The van der Waals surface area contributed by atoms with Crippen molar-refractivity contribution >= 4 is 15.7 Å². The molecule has 2 rings (SSSR count). The minimum Gasteiger partial charge on any atom is -0.321 e. The Labute approximate surface area is 119 Å². The van der Waals surface area contributed by atoms with Crippen LogP contribution in [0.3, 0.4) is 0 Å². The van der Waals surface area contributed by atoms with Crippen LogP contribution in [0.1, 0.15) is 12.8 Å². The first-order valence-corrected chi connectivity index (χ1v) is 7.99. The fraction of sp³-hybridized carbons (Fsp3) is 0.583. The second kappa shape index (κ2) is 6.04. The van der Waals surface area contributed by atoms with Crippen molar-refractivity contribution < 1.29 is 8.42 Å². The SMILES string of the molecule is CN1CCC(N(C)S(=O)(=O)c2ncccc2NN)CC1. The summed E-state index contributed by atoms with van der Waals surface area (Å²) in [5.41, 5.74) is 2.70. The third-order valence-electron chi connectivity index (χ3n) is 3.75. The van der Waals surface area contributed by atoms with Crippen LogP contribution in [0.5, 0.6) is 0 Å². The zero-order chi connectivity index (χ0) is 14.8. The fourth-order valence-corrected chi connectivity index (χ4v) is 3.87. The Hall–Kier alpha value is -1.22. The van der Waals surface area contributed by atoms with Crippen molar-refractivity contribution in [2.75, 3.05) is 32.6 Å². The number of nitrogens with one attached hydrogen (secondary N) is 1. The third kappa shape index (κ3) is 2.93. The Balaban J connectivity index is 2.25. The molecule has 0 amide bonds. The van der Waals surface area contributed by atoms with Crippen LogP contribution >= 0.6 is 0 Å². The summed E-state index contributed by atoms with van der Waals surface area (Å²) in [4.78, 5) is 6.17. The number of sulfonamides is 1. The third-order valence-corrected chi connectivity index (χ3v) is 5.62. The summed E-state index contributed by atoms with van der Waals surface area (Å²) in [5, 5.41) is -0.0241. The molecule has 1 aromatic rings. The lowest BCUT2D eigenvalue weighted by Gasteiger charge is -2.34. The summed E-state index contributed by atoms with van der Waals surface area (Å²) in [5.74, 6) is 5.36. The molecule has 20 heavy (non-hydrogen) atoms. The van der Waals surface area contributed by atoms with E-state index in [0.29, 0.717) is 5.69 Å². The minimum atomic E-state index is -3.64. The van der Waals surface area contributed by atoms with Crippen LogP contribution in [0.25, 0.3) is 0 Å². The summed E-state index contributed by atoms with van der Waals surface area (Å²) in [6.07, 6.45) is 3.10.